The lowest BCUT2D eigenvalue weighted by Crippen LogP contribution is -3.00. The zero-order chi connectivity index (χ0) is 12.9. The molecule has 0 N–H and O–H groups in total. The quantitative estimate of drug-likeness (QED) is 0.369. The van der Waals surface area contributed by atoms with Gasteiger partial charge in [0.25, 0.3) is 9.40 Å². The van der Waals surface area contributed by atoms with Gasteiger partial charge in [0.2, 0.25) is 11.3 Å². The van der Waals surface area contributed by atoms with E-state index in [1.165, 1.54) is 20.5 Å². The Morgan fingerprint density at radius 1 is 0.842 bits per heavy atom. The molecular formula is C14H10Br3NS. The zero-order valence-corrected chi connectivity index (χ0v) is 15.9. The fourth-order valence-electron chi connectivity index (χ4n) is 2.08. The van der Waals surface area contributed by atoms with Gasteiger partial charge in [-0.15, -0.1) is 0 Å². The molecule has 2 aromatic carbocycles. The second kappa shape index (κ2) is 5.72. The molecule has 3 rings (SSSR count). The maximum atomic E-state index is 4.83. The van der Waals surface area contributed by atoms with Crippen LogP contribution in [0.25, 0.3) is 20.4 Å². The van der Waals surface area contributed by atoms with Crippen molar-refractivity contribution in [2.75, 3.05) is 0 Å². The van der Waals surface area contributed by atoms with E-state index >= 15 is 0 Å². The Balaban J connectivity index is 0.00000133. The lowest BCUT2D eigenvalue weighted by molar-refractivity contribution is -0.00000336. The van der Waals surface area contributed by atoms with Crippen LogP contribution in [-0.4, -0.2) is 4.98 Å². The molecule has 19 heavy (non-hydrogen) atoms. The number of hydrogen-bond acceptors (Lipinski definition) is 1. The maximum absolute atomic E-state index is 4.83. The molecule has 0 aliphatic rings. The van der Waals surface area contributed by atoms with Gasteiger partial charge in [-0.3, -0.25) is 0 Å². The van der Waals surface area contributed by atoms with Gasteiger partial charge in [0.05, 0.1) is 0 Å². The highest BCUT2D eigenvalue weighted by Gasteiger charge is 2.17. The Hall–Kier alpha value is -0.100. The fourth-order valence-corrected chi connectivity index (χ4v) is 4.74. The predicted molar refractivity (Wildman–Crippen MR) is 86.4 cm³/mol. The molecule has 3 aromatic rings. The number of benzene rings is 2. The smallest absolute Gasteiger partial charge is 0.258 e. The lowest BCUT2D eigenvalue weighted by Gasteiger charge is -2.00. The standard InChI is InChI=1S/C14H10Br2NS.BrH/c1-7-3-9(15)5-11-13(7)17-14-8(2)4-10(16)6-12(14)18-11;/h3-6H,1-2H3;1H/q+1;/p-1. The zero-order valence-electron chi connectivity index (χ0n) is 10.3. The molecular weight excluding hydrogens is 454 g/mol. The first-order valence-corrected chi connectivity index (χ1v) is 7.95. The molecule has 0 radical (unpaired) electrons. The van der Waals surface area contributed by atoms with Gasteiger partial charge in [0.1, 0.15) is 11.0 Å². The van der Waals surface area contributed by atoms with Crippen LogP contribution in [0.5, 0.6) is 0 Å². The normalized spacial score (nSPS) is 10.7. The Labute approximate surface area is 143 Å². The molecule has 0 aliphatic heterocycles. The number of hydrogen-bond donors (Lipinski definition) is 0. The van der Waals surface area contributed by atoms with Gasteiger partial charge < -0.3 is 17.0 Å². The Kier molecular flexibility index (Phi) is 4.60. The molecule has 98 valence electrons. The summed E-state index contributed by atoms with van der Waals surface area (Å²) in [4.78, 5) is 4.83. The molecule has 0 bridgehead atoms. The summed E-state index contributed by atoms with van der Waals surface area (Å²) in [6.07, 6.45) is 0. The Morgan fingerprint density at radius 2 is 1.26 bits per heavy atom. The highest BCUT2D eigenvalue weighted by molar-refractivity contribution is 9.10. The van der Waals surface area contributed by atoms with Crippen molar-refractivity contribution in [2.45, 2.75) is 13.8 Å². The number of halogens is 3. The Morgan fingerprint density at radius 3 is 1.68 bits per heavy atom. The monoisotopic (exact) mass is 461 g/mol. The average Bonchev–Trinajstić information content (AvgIpc) is 2.26. The third-order valence-corrected chi connectivity index (χ3v) is 4.88. The van der Waals surface area contributed by atoms with E-state index in [0.717, 1.165) is 20.0 Å². The van der Waals surface area contributed by atoms with E-state index in [-0.39, 0.29) is 17.0 Å². The van der Waals surface area contributed by atoms with Crippen molar-refractivity contribution in [3.8, 4) is 0 Å². The van der Waals surface area contributed by atoms with Gasteiger partial charge >= 0.3 is 0 Å². The molecule has 1 aromatic heterocycles. The van der Waals surface area contributed by atoms with Crippen molar-refractivity contribution in [1.29, 1.82) is 0 Å². The molecule has 0 amide bonds. The van der Waals surface area contributed by atoms with E-state index in [9.17, 15) is 0 Å². The molecule has 0 aliphatic carbocycles. The van der Waals surface area contributed by atoms with Crippen LogP contribution in [0.2, 0.25) is 0 Å². The van der Waals surface area contributed by atoms with Crippen LogP contribution >= 0.6 is 43.2 Å². The lowest BCUT2D eigenvalue weighted by atomic mass is 10.2. The molecule has 1 heterocycles. The molecule has 0 spiro atoms. The largest absolute Gasteiger partial charge is 1.00 e. The van der Waals surface area contributed by atoms with Crippen molar-refractivity contribution in [3.05, 3.63) is 44.3 Å². The van der Waals surface area contributed by atoms with Gasteiger partial charge in [-0.05, 0) is 37.1 Å². The van der Waals surface area contributed by atoms with E-state index in [2.05, 4.69) is 70.0 Å². The van der Waals surface area contributed by atoms with Crippen LogP contribution in [0.3, 0.4) is 0 Å². The molecule has 0 saturated heterocycles. The van der Waals surface area contributed by atoms with E-state index in [1.807, 2.05) is 0 Å². The second-order valence-corrected chi connectivity index (χ2v) is 7.27. The maximum Gasteiger partial charge on any atom is 0.258 e. The summed E-state index contributed by atoms with van der Waals surface area (Å²) in [7, 11) is 0. The SMILES string of the molecule is Cc1cc(Br)cc2[s+]c3cc(Br)cc(C)c3nc12.[Br-]. The van der Waals surface area contributed by atoms with Crippen molar-refractivity contribution in [2.24, 2.45) is 0 Å². The van der Waals surface area contributed by atoms with Crippen LogP contribution in [0.15, 0.2) is 33.2 Å². The predicted octanol–water partition coefficient (Wildman–Crippen LogP) is 2.88. The Bertz CT molecular complexity index is 724. The third-order valence-electron chi connectivity index (χ3n) is 2.90. The van der Waals surface area contributed by atoms with Gasteiger partial charge in [-0.25, -0.2) is 4.98 Å². The van der Waals surface area contributed by atoms with Crippen LogP contribution in [-0.2, 0) is 0 Å². The topological polar surface area (TPSA) is 12.9 Å². The first kappa shape index (κ1) is 15.3. The van der Waals surface area contributed by atoms with E-state index in [1.54, 1.807) is 11.3 Å². The molecule has 0 fully saturated rings. The van der Waals surface area contributed by atoms with Gasteiger partial charge in [0.15, 0.2) is 0 Å². The van der Waals surface area contributed by atoms with Gasteiger partial charge in [-0.1, -0.05) is 31.9 Å². The van der Waals surface area contributed by atoms with Crippen LogP contribution < -0.4 is 17.0 Å². The average molecular weight is 464 g/mol. The summed E-state index contributed by atoms with van der Waals surface area (Å²) in [5.41, 5.74) is 4.61. The first-order valence-electron chi connectivity index (χ1n) is 5.54. The van der Waals surface area contributed by atoms with E-state index in [4.69, 9.17) is 4.98 Å². The first-order chi connectivity index (χ1) is 8.54. The molecule has 1 nitrogen and oxygen atoms in total. The van der Waals surface area contributed by atoms with Crippen LogP contribution in [0, 0.1) is 13.8 Å². The fraction of sp³-hybridized carbons (Fsp3) is 0.143. The van der Waals surface area contributed by atoms with Crippen molar-refractivity contribution >= 4 is 63.6 Å². The number of rotatable bonds is 0. The van der Waals surface area contributed by atoms with Crippen molar-refractivity contribution < 1.29 is 17.0 Å². The summed E-state index contributed by atoms with van der Waals surface area (Å²) < 4.78 is 4.65. The number of aromatic nitrogens is 1. The van der Waals surface area contributed by atoms with Crippen LogP contribution in [0.1, 0.15) is 11.1 Å². The van der Waals surface area contributed by atoms with E-state index in [0.29, 0.717) is 0 Å². The highest BCUT2D eigenvalue weighted by atomic mass is 79.9. The third kappa shape index (κ3) is 2.84. The molecule has 5 heteroatoms. The minimum atomic E-state index is 0. The minimum Gasteiger partial charge on any atom is -1.00 e. The summed E-state index contributed by atoms with van der Waals surface area (Å²) in [5, 5.41) is 0. The van der Waals surface area contributed by atoms with Gasteiger partial charge in [0, 0.05) is 21.1 Å². The number of fused-ring (bicyclic) bond motifs is 2. The van der Waals surface area contributed by atoms with Gasteiger partial charge in [-0.2, -0.15) is 0 Å². The highest BCUT2D eigenvalue weighted by Crippen LogP contribution is 2.33. The number of aryl methyl sites for hydroxylation is 2. The summed E-state index contributed by atoms with van der Waals surface area (Å²) in [6.45, 7) is 4.21. The van der Waals surface area contributed by atoms with E-state index < -0.39 is 0 Å². The summed E-state index contributed by atoms with van der Waals surface area (Å²) >= 11 is 8.88. The second-order valence-electron chi connectivity index (χ2n) is 4.35. The molecule has 0 unspecified atom stereocenters. The van der Waals surface area contributed by atoms with Crippen molar-refractivity contribution in [3.63, 3.8) is 0 Å². The summed E-state index contributed by atoms with van der Waals surface area (Å²) in [5.74, 6) is 0. The van der Waals surface area contributed by atoms with Crippen LogP contribution in [0.4, 0.5) is 0 Å². The number of nitrogens with zero attached hydrogens (tertiary/aromatic N) is 1. The minimum absolute atomic E-state index is 0. The molecule has 0 atom stereocenters. The molecule has 0 saturated carbocycles. The van der Waals surface area contributed by atoms with Crippen molar-refractivity contribution in [1.82, 2.24) is 4.98 Å². The summed E-state index contributed by atoms with van der Waals surface area (Å²) in [6, 6.07) is 8.50.